The molecule has 1 aromatic rings. The Labute approximate surface area is 116 Å². The van der Waals surface area contributed by atoms with Crippen LogP contribution < -0.4 is 0 Å². The van der Waals surface area contributed by atoms with Gasteiger partial charge in [0.1, 0.15) is 5.78 Å². The molecule has 2 rings (SSSR count). The molecule has 0 bridgehead atoms. The lowest BCUT2D eigenvalue weighted by atomic mass is 9.76. The summed E-state index contributed by atoms with van der Waals surface area (Å²) in [4.78, 5) is 22.6. The van der Waals surface area contributed by atoms with Crippen molar-refractivity contribution in [2.45, 2.75) is 31.6 Å². The van der Waals surface area contributed by atoms with Gasteiger partial charge in [-0.1, -0.05) is 30.2 Å². The zero-order valence-corrected chi connectivity index (χ0v) is 11.3. The van der Waals surface area contributed by atoms with Crippen molar-refractivity contribution in [2.24, 2.45) is 5.92 Å². The van der Waals surface area contributed by atoms with Gasteiger partial charge in [-0.05, 0) is 30.5 Å². The highest BCUT2D eigenvalue weighted by Crippen LogP contribution is 2.34. The molecule has 0 saturated heterocycles. The number of ketones is 1. The fourth-order valence-electron chi connectivity index (χ4n) is 2.80. The first-order valence-corrected chi connectivity index (χ1v) is 6.85. The van der Waals surface area contributed by atoms with Gasteiger partial charge in [0.2, 0.25) is 6.54 Å². The number of carbonyl (C=O) groups excluding carboxylic acids is 1. The first-order valence-electron chi connectivity index (χ1n) is 6.48. The molecule has 4 nitrogen and oxygen atoms in total. The summed E-state index contributed by atoms with van der Waals surface area (Å²) in [6.45, 7) is -0.212. The van der Waals surface area contributed by atoms with E-state index in [1.54, 1.807) is 18.2 Å². The van der Waals surface area contributed by atoms with Crippen LogP contribution in [0.25, 0.3) is 0 Å². The standard InChI is InChI=1S/C14H16ClNO3/c15-11-5-3-4-10(8-11)13(9-16(18)19)12-6-1-2-7-14(12)17/h3-5,8,12-13H,1-2,6-7,9H2/t12-,13?/m1/s1. The molecular weight excluding hydrogens is 266 g/mol. The molecule has 1 saturated carbocycles. The third kappa shape index (κ3) is 3.53. The molecule has 1 aliphatic carbocycles. The number of benzene rings is 1. The van der Waals surface area contributed by atoms with Gasteiger partial charge in [0.05, 0.1) is 5.92 Å². The zero-order chi connectivity index (χ0) is 13.8. The summed E-state index contributed by atoms with van der Waals surface area (Å²) in [5.74, 6) is -0.447. The van der Waals surface area contributed by atoms with Crippen molar-refractivity contribution in [3.05, 3.63) is 45.0 Å². The van der Waals surface area contributed by atoms with Crippen LogP contribution in [0.3, 0.4) is 0 Å². The highest BCUT2D eigenvalue weighted by molar-refractivity contribution is 6.30. The number of carbonyl (C=O) groups is 1. The molecule has 0 spiro atoms. The molecule has 0 amide bonds. The number of nitro groups is 1. The van der Waals surface area contributed by atoms with Gasteiger partial charge in [-0.25, -0.2) is 0 Å². The van der Waals surface area contributed by atoms with Crippen LogP contribution in [0.2, 0.25) is 5.02 Å². The van der Waals surface area contributed by atoms with E-state index in [1.165, 1.54) is 0 Å². The molecule has 1 aliphatic rings. The third-order valence-electron chi connectivity index (χ3n) is 3.71. The Morgan fingerprint density at radius 2 is 2.21 bits per heavy atom. The van der Waals surface area contributed by atoms with E-state index in [9.17, 15) is 14.9 Å². The SMILES string of the molecule is O=C1CCCC[C@@H]1C(C[N+](=O)[O-])c1cccc(Cl)c1. The second-order valence-corrected chi connectivity index (χ2v) is 5.43. The Bertz CT molecular complexity index is 489. The first kappa shape index (κ1) is 14.0. The van der Waals surface area contributed by atoms with E-state index in [-0.39, 0.29) is 29.1 Å². The highest BCUT2D eigenvalue weighted by Gasteiger charge is 2.34. The minimum atomic E-state index is -0.360. The molecule has 0 heterocycles. The number of Topliss-reactive ketones (excluding diaryl/α,β-unsaturated/α-hetero) is 1. The lowest BCUT2D eigenvalue weighted by Crippen LogP contribution is -2.30. The van der Waals surface area contributed by atoms with E-state index in [1.807, 2.05) is 6.07 Å². The van der Waals surface area contributed by atoms with Gasteiger partial charge < -0.3 is 0 Å². The predicted octanol–water partition coefficient (Wildman–Crippen LogP) is 3.46. The Balaban J connectivity index is 2.29. The Morgan fingerprint density at radius 3 is 2.84 bits per heavy atom. The van der Waals surface area contributed by atoms with Crippen molar-refractivity contribution in [1.82, 2.24) is 0 Å². The second-order valence-electron chi connectivity index (χ2n) is 5.00. The van der Waals surface area contributed by atoms with Gasteiger partial charge >= 0.3 is 0 Å². The van der Waals surface area contributed by atoms with E-state index in [4.69, 9.17) is 11.6 Å². The van der Waals surface area contributed by atoms with Crippen LogP contribution >= 0.6 is 11.6 Å². The van der Waals surface area contributed by atoms with Crippen molar-refractivity contribution >= 4 is 17.4 Å². The molecule has 5 heteroatoms. The quantitative estimate of drug-likeness (QED) is 0.627. The Kier molecular flexibility index (Phi) is 4.53. The molecule has 1 fully saturated rings. The normalized spacial score (nSPS) is 21.1. The van der Waals surface area contributed by atoms with Gasteiger partial charge in [-0.2, -0.15) is 0 Å². The first-order chi connectivity index (χ1) is 9.08. The van der Waals surface area contributed by atoms with Gasteiger partial charge in [0.15, 0.2) is 0 Å². The summed E-state index contributed by atoms with van der Waals surface area (Å²) in [6.07, 6.45) is 3.14. The lowest BCUT2D eigenvalue weighted by Gasteiger charge is -2.27. The van der Waals surface area contributed by atoms with Crippen LogP contribution in [0, 0.1) is 16.0 Å². The average Bonchev–Trinajstić information content (AvgIpc) is 2.37. The molecule has 0 aliphatic heterocycles. The minimum absolute atomic E-state index is 0.151. The largest absolute Gasteiger partial charge is 0.299 e. The van der Waals surface area contributed by atoms with Crippen LogP contribution in [-0.4, -0.2) is 17.3 Å². The summed E-state index contributed by atoms with van der Waals surface area (Å²) in [5.41, 5.74) is 0.796. The molecule has 1 aromatic carbocycles. The van der Waals surface area contributed by atoms with Crippen molar-refractivity contribution in [1.29, 1.82) is 0 Å². The lowest BCUT2D eigenvalue weighted by molar-refractivity contribution is -0.484. The molecule has 0 radical (unpaired) electrons. The van der Waals surface area contributed by atoms with Gasteiger partial charge in [0, 0.05) is 22.3 Å². The van der Waals surface area contributed by atoms with Crippen LogP contribution in [0.15, 0.2) is 24.3 Å². The average molecular weight is 282 g/mol. The highest BCUT2D eigenvalue weighted by atomic mass is 35.5. The van der Waals surface area contributed by atoms with E-state index in [2.05, 4.69) is 0 Å². The molecule has 0 aromatic heterocycles. The minimum Gasteiger partial charge on any atom is -0.299 e. The van der Waals surface area contributed by atoms with Crippen LogP contribution in [0.4, 0.5) is 0 Å². The van der Waals surface area contributed by atoms with Gasteiger partial charge in [0.25, 0.3) is 0 Å². The van der Waals surface area contributed by atoms with Crippen LogP contribution in [0.5, 0.6) is 0 Å². The predicted molar refractivity (Wildman–Crippen MR) is 73.0 cm³/mol. The second kappa shape index (κ2) is 6.15. The van der Waals surface area contributed by atoms with Crippen molar-refractivity contribution < 1.29 is 9.72 Å². The van der Waals surface area contributed by atoms with Crippen LogP contribution in [-0.2, 0) is 4.79 Å². The van der Waals surface area contributed by atoms with E-state index in [0.717, 1.165) is 24.8 Å². The molecule has 2 atom stereocenters. The molecule has 19 heavy (non-hydrogen) atoms. The molecule has 102 valence electrons. The van der Waals surface area contributed by atoms with Crippen molar-refractivity contribution in [3.63, 3.8) is 0 Å². The summed E-state index contributed by atoms with van der Waals surface area (Å²) in [5, 5.41) is 11.4. The van der Waals surface area contributed by atoms with E-state index in [0.29, 0.717) is 11.4 Å². The summed E-state index contributed by atoms with van der Waals surface area (Å²) in [7, 11) is 0. The Hall–Kier alpha value is -1.42. The number of hydrogen-bond donors (Lipinski definition) is 0. The summed E-state index contributed by atoms with van der Waals surface area (Å²) in [6, 6.07) is 7.06. The summed E-state index contributed by atoms with van der Waals surface area (Å²) >= 11 is 5.95. The zero-order valence-electron chi connectivity index (χ0n) is 10.5. The van der Waals surface area contributed by atoms with Crippen LogP contribution in [0.1, 0.15) is 37.2 Å². The summed E-state index contributed by atoms with van der Waals surface area (Å²) < 4.78 is 0. The third-order valence-corrected chi connectivity index (χ3v) is 3.95. The maximum Gasteiger partial charge on any atom is 0.211 e. The topological polar surface area (TPSA) is 60.2 Å². The maximum atomic E-state index is 12.0. The monoisotopic (exact) mass is 281 g/mol. The molecule has 1 unspecified atom stereocenters. The fourth-order valence-corrected chi connectivity index (χ4v) is 3.00. The smallest absolute Gasteiger partial charge is 0.211 e. The Morgan fingerprint density at radius 1 is 1.42 bits per heavy atom. The number of halogens is 1. The molecular formula is C14H16ClNO3. The number of hydrogen-bond acceptors (Lipinski definition) is 3. The van der Waals surface area contributed by atoms with Crippen molar-refractivity contribution in [3.8, 4) is 0 Å². The van der Waals surface area contributed by atoms with Crippen molar-refractivity contribution in [2.75, 3.05) is 6.54 Å². The van der Waals surface area contributed by atoms with E-state index >= 15 is 0 Å². The number of rotatable bonds is 4. The van der Waals surface area contributed by atoms with Gasteiger partial charge in [-0.15, -0.1) is 0 Å². The van der Waals surface area contributed by atoms with Gasteiger partial charge in [-0.3, -0.25) is 14.9 Å². The maximum absolute atomic E-state index is 12.0. The molecule has 0 N–H and O–H groups in total. The fraction of sp³-hybridized carbons (Fsp3) is 0.500. The van der Waals surface area contributed by atoms with E-state index < -0.39 is 0 Å². The number of nitrogens with zero attached hydrogens (tertiary/aromatic N) is 1.